The van der Waals surface area contributed by atoms with Crippen molar-refractivity contribution in [2.45, 2.75) is 18.4 Å². The highest BCUT2D eigenvalue weighted by molar-refractivity contribution is 5.68. The van der Waals surface area contributed by atoms with Crippen molar-refractivity contribution in [2.24, 2.45) is 0 Å². The van der Waals surface area contributed by atoms with E-state index in [2.05, 4.69) is 21.5 Å². The van der Waals surface area contributed by atoms with E-state index >= 15 is 0 Å². The van der Waals surface area contributed by atoms with Crippen LogP contribution in [0.1, 0.15) is 6.23 Å². The van der Waals surface area contributed by atoms with Crippen LogP contribution in [0.15, 0.2) is 29.8 Å². The predicted molar refractivity (Wildman–Crippen MR) is 59.4 cm³/mol. The molecule has 1 saturated heterocycles. The summed E-state index contributed by atoms with van der Waals surface area (Å²) < 4.78 is 6.64. The predicted octanol–water partition coefficient (Wildman–Crippen LogP) is -1.12. The summed E-state index contributed by atoms with van der Waals surface area (Å²) in [5.41, 5.74) is 0.0237. The Labute approximate surface area is 100 Å². The van der Waals surface area contributed by atoms with Gasteiger partial charge in [0, 0.05) is 0 Å². The Morgan fingerprint density at radius 1 is 1.44 bits per heavy atom. The van der Waals surface area contributed by atoms with Gasteiger partial charge in [-0.1, -0.05) is 6.58 Å². The highest BCUT2D eigenvalue weighted by Gasteiger charge is 2.40. The molecule has 0 aromatic carbocycles. The summed E-state index contributed by atoms with van der Waals surface area (Å²) in [6.07, 6.45) is -0.695. The monoisotopic (exact) mass is 250 g/mol. The van der Waals surface area contributed by atoms with E-state index < -0.39 is 18.4 Å². The fourth-order valence-electron chi connectivity index (χ4n) is 1.91. The maximum absolute atomic E-state index is 11.5. The molecule has 94 valence electrons. The zero-order valence-electron chi connectivity index (χ0n) is 9.15. The Morgan fingerprint density at radius 3 is 2.89 bits per heavy atom. The number of nitrogens with one attached hydrogen (secondary N) is 1. The quantitative estimate of drug-likeness (QED) is 0.591. The minimum atomic E-state index is -1.18. The molecule has 1 aliphatic rings. The van der Waals surface area contributed by atoms with Gasteiger partial charge < -0.3 is 19.9 Å². The number of aliphatic hydroxyl groups is 2. The minimum Gasteiger partial charge on any atom is -0.469 e. The molecule has 1 fully saturated rings. The number of rotatable bonds is 1. The summed E-state index contributed by atoms with van der Waals surface area (Å²) in [4.78, 5) is 21.7. The van der Waals surface area contributed by atoms with Crippen LogP contribution in [0, 0.1) is 0 Å². The van der Waals surface area contributed by atoms with Crippen molar-refractivity contribution in [3.8, 4) is 0 Å². The van der Waals surface area contributed by atoms with E-state index in [0.717, 1.165) is 0 Å². The van der Waals surface area contributed by atoms with Crippen molar-refractivity contribution in [1.29, 1.82) is 0 Å². The van der Waals surface area contributed by atoms with Crippen molar-refractivity contribution in [2.75, 3.05) is 0 Å². The van der Waals surface area contributed by atoms with Crippen molar-refractivity contribution < 1.29 is 14.9 Å². The third-order valence-corrected chi connectivity index (χ3v) is 2.86. The number of aromatic nitrogens is 4. The largest absolute Gasteiger partial charge is 0.469 e. The van der Waals surface area contributed by atoms with Gasteiger partial charge in [-0.15, -0.1) is 0 Å². The Bertz CT molecular complexity index is 676. The summed E-state index contributed by atoms with van der Waals surface area (Å²) >= 11 is 0. The zero-order chi connectivity index (χ0) is 12.9. The Balaban J connectivity index is 2.14. The fourth-order valence-corrected chi connectivity index (χ4v) is 1.91. The molecule has 3 unspecified atom stereocenters. The van der Waals surface area contributed by atoms with Gasteiger partial charge in [0.25, 0.3) is 5.56 Å². The maximum Gasteiger partial charge on any atom is 0.278 e. The van der Waals surface area contributed by atoms with E-state index in [1.54, 1.807) is 0 Å². The number of hydrogen-bond donors (Lipinski definition) is 3. The second kappa shape index (κ2) is 3.65. The van der Waals surface area contributed by atoms with Gasteiger partial charge in [-0.2, -0.15) is 0 Å². The van der Waals surface area contributed by atoms with Crippen LogP contribution >= 0.6 is 0 Å². The first kappa shape index (κ1) is 10.9. The zero-order valence-corrected chi connectivity index (χ0v) is 9.15. The van der Waals surface area contributed by atoms with Crippen molar-refractivity contribution in [1.82, 2.24) is 19.5 Å². The van der Waals surface area contributed by atoms with Crippen molar-refractivity contribution >= 4 is 11.2 Å². The topological polar surface area (TPSA) is 113 Å². The van der Waals surface area contributed by atoms with E-state index in [1.807, 2.05) is 0 Å². The molecule has 1 aliphatic heterocycles. The molecule has 0 bridgehead atoms. The molecule has 2 aromatic rings. The summed E-state index contributed by atoms with van der Waals surface area (Å²) in [7, 11) is 0. The smallest absolute Gasteiger partial charge is 0.278 e. The second-order valence-electron chi connectivity index (χ2n) is 3.97. The molecule has 0 aliphatic carbocycles. The molecule has 3 N–H and O–H groups in total. The molecule has 2 aromatic heterocycles. The highest BCUT2D eigenvalue weighted by Crippen LogP contribution is 2.31. The number of hydrogen-bond acceptors (Lipinski definition) is 6. The number of aromatic amines is 1. The molecule has 3 atom stereocenters. The lowest BCUT2D eigenvalue weighted by Crippen LogP contribution is -2.27. The van der Waals surface area contributed by atoms with Gasteiger partial charge in [-0.3, -0.25) is 9.36 Å². The first-order valence-electron chi connectivity index (χ1n) is 5.21. The van der Waals surface area contributed by atoms with Crippen molar-refractivity contribution in [3.63, 3.8) is 0 Å². The molecule has 3 heterocycles. The third-order valence-electron chi connectivity index (χ3n) is 2.86. The van der Waals surface area contributed by atoms with Crippen LogP contribution in [-0.2, 0) is 4.74 Å². The molecule has 18 heavy (non-hydrogen) atoms. The average molecular weight is 250 g/mol. The number of H-pyrrole nitrogens is 1. The molecular formula is C10H10N4O4. The first-order chi connectivity index (χ1) is 8.59. The van der Waals surface area contributed by atoms with Crippen LogP contribution < -0.4 is 5.56 Å². The van der Waals surface area contributed by atoms with Crippen LogP contribution in [0.2, 0.25) is 0 Å². The van der Waals surface area contributed by atoms with E-state index in [0.29, 0.717) is 0 Å². The maximum atomic E-state index is 11.5. The fraction of sp³-hybridized carbons (Fsp3) is 0.300. The number of ether oxygens (including phenoxy) is 1. The molecule has 3 rings (SSSR count). The SMILES string of the molecule is C=C1OC(n2cnc3c(=O)[nH]cnc32)C(O)C1O. The van der Waals surface area contributed by atoms with E-state index in [9.17, 15) is 15.0 Å². The Morgan fingerprint density at radius 2 is 2.22 bits per heavy atom. The normalized spacial score (nSPS) is 27.7. The van der Waals surface area contributed by atoms with Gasteiger partial charge in [0.05, 0.1) is 6.33 Å². The molecule has 8 heteroatoms. The average Bonchev–Trinajstić information content (AvgIpc) is 2.88. The number of imidazole rings is 1. The standard InChI is InChI=1S/C10H10N4O4/c1-4-6(15)7(16)10(18-4)14-3-13-5-8(14)11-2-12-9(5)17/h2-3,6-7,10,15-16H,1H2,(H,11,12,17). The van der Waals surface area contributed by atoms with Crippen LogP contribution in [-0.4, -0.2) is 41.9 Å². The third kappa shape index (κ3) is 1.36. The van der Waals surface area contributed by atoms with Gasteiger partial charge in [0.2, 0.25) is 6.23 Å². The summed E-state index contributed by atoms with van der Waals surface area (Å²) in [5.74, 6) is 0.0687. The molecule has 0 spiro atoms. The van der Waals surface area contributed by atoms with Crippen LogP contribution in [0.4, 0.5) is 0 Å². The molecule has 0 saturated carbocycles. The minimum absolute atomic E-state index is 0.0687. The van der Waals surface area contributed by atoms with E-state index in [-0.39, 0.29) is 22.5 Å². The van der Waals surface area contributed by atoms with Gasteiger partial charge in [0.1, 0.15) is 24.3 Å². The Hall–Kier alpha value is -2.19. The number of aliphatic hydroxyl groups excluding tert-OH is 2. The van der Waals surface area contributed by atoms with Gasteiger partial charge in [0.15, 0.2) is 11.2 Å². The van der Waals surface area contributed by atoms with Crippen molar-refractivity contribution in [3.05, 3.63) is 35.3 Å². The summed E-state index contributed by atoms with van der Waals surface area (Å²) in [6, 6.07) is 0. The molecule has 0 radical (unpaired) electrons. The van der Waals surface area contributed by atoms with Gasteiger partial charge in [-0.05, 0) is 0 Å². The lowest BCUT2D eigenvalue weighted by Gasteiger charge is -2.15. The van der Waals surface area contributed by atoms with Crippen LogP contribution in [0.3, 0.4) is 0 Å². The number of fused-ring (bicyclic) bond motifs is 1. The number of nitrogens with zero attached hydrogens (tertiary/aromatic N) is 3. The molecule has 0 amide bonds. The summed E-state index contributed by atoms with van der Waals surface area (Å²) in [6.45, 7) is 3.49. The lowest BCUT2D eigenvalue weighted by atomic mass is 10.2. The lowest BCUT2D eigenvalue weighted by molar-refractivity contribution is -0.0118. The van der Waals surface area contributed by atoms with E-state index in [4.69, 9.17) is 4.74 Å². The highest BCUT2D eigenvalue weighted by atomic mass is 16.5. The van der Waals surface area contributed by atoms with Gasteiger partial charge in [-0.25, -0.2) is 9.97 Å². The molecule has 8 nitrogen and oxygen atoms in total. The van der Waals surface area contributed by atoms with Crippen LogP contribution in [0.5, 0.6) is 0 Å². The van der Waals surface area contributed by atoms with Gasteiger partial charge >= 0.3 is 0 Å². The Kier molecular flexibility index (Phi) is 2.22. The first-order valence-corrected chi connectivity index (χ1v) is 5.21. The molecular weight excluding hydrogens is 240 g/mol. The summed E-state index contributed by atoms with van der Waals surface area (Å²) in [5, 5.41) is 19.4. The second-order valence-corrected chi connectivity index (χ2v) is 3.97. The van der Waals surface area contributed by atoms with E-state index in [1.165, 1.54) is 17.2 Å². The van der Waals surface area contributed by atoms with Crippen LogP contribution in [0.25, 0.3) is 11.2 Å².